The van der Waals surface area contributed by atoms with Crippen molar-refractivity contribution in [2.45, 2.75) is 26.3 Å². The van der Waals surface area contributed by atoms with Crippen LogP contribution in [0.25, 0.3) is 0 Å². The first-order chi connectivity index (χ1) is 5.70. The lowest BCUT2D eigenvalue weighted by atomic mass is 10.1. The normalized spacial score (nSPS) is 13.3. The zero-order chi connectivity index (χ0) is 9.14. The number of nitrogens with zero attached hydrogens (tertiary/aromatic N) is 2. The molecule has 1 aromatic rings. The summed E-state index contributed by atoms with van der Waals surface area (Å²) in [7, 11) is 3.96. The summed E-state index contributed by atoms with van der Waals surface area (Å²) in [6.45, 7) is 4.27. The molecule has 68 valence electrons. The van der Waals surface area contributed by atoms with Gasteiger partial charge in [-0.1, -0.05) is 6.92 Å². The Morgan fingerprint density at radius 1 is 1.67 bits per heavy atom. The van der Waals surface area contributed by atoms with Gasteiger partial charge in [-0.15, -0.1) is 0 Å². The molecule has 0 saturated carbocycles. The Bertz CT molecular complexity index is 248. The molecule has 0 amide bonds. The van der Waals surface area contributed by atoms with Gasteiger partial charge in [-0.2, -0.15) is 5.10 Å². The van der Waals surface area contributed by atoms with Crippen molar-refractivity contribution in [3.63, 3.8) is 0 Å². The van der Waals surface area contributed by atoms with E-state index in [1.807, 2.05) is 25.0 Å². The van der Waals surface area contributed by atoms with Crippen LogP contribution in [0.15, 0.2) is 6.20 Å². The van der Waals surface area contributed by atoms with E-state index in [1.54, 1.807) is 0 Å². The van der Waals surface area contributed by atoms with Gasteiger partial charge >= 0.3 is 0 Å². The molecule has 0 aromatic carbocycles. The van der Waals surface area contributed by atoms with Gasteiger partial charge in [0.25, 0.3) is 0 Å². The minimum Gasteiger partial charge on any atom is -0.313 e. The third kappa shape index (κ3) is 1.50. The number of aromatic nitrogens is 2. The van der Waals surface area contributed by atoms with E-state index in [-0.39, 0.29) is 0 Å². The molecular formula is C9H17N3. The maximum absolute atomic E-state index is 4.21. The first-order valence-corrected chi connectivity index (χ1v) is 4.36. The fraction of sp³-hybridized carbons (Fsp3) is 0.667. The van der Waals surface area contributed by atoms with E-state index in [0.29, 0.717) is 6.04 Å². The third-order valence-electron chi connectivity index (χ3n) is 2.41. The fourth-order valence-electron chi connectivity index (χ4n) is 1.44. The minimum atomic E-state index is 0.443. The lowest BCUT2D eigenvalue weighted by Gasteiger charge is -2.12. The Kier molecular flexibility index (Phi) is 2.87. The molecule has 12 heavy (non-hydrogen) atoms. The van der Waals surface area contributed by atoms with Crippen molar-refractivity contribution >= 4 is 0 Å². The molecule has 1 rings (SSSR count). The molecule has 3 nitrogen and oxygen atoms in total. The quantitative estimate of drug-likeness (QED) is 0.737. The van der Waals surface area contributed by atoms with Gasteiger partial charge in [-0.05, 0) is 20.4 Å². The molecule has 0 radical (unpaired) electrons. The smallest absolute Gasteiger partial charge is 0.0540 e. The van der Waals surface area contributed by atoms with Crippen LogP contribution >= 0.6 is 0 Å². The predicted molar refractivity (Wildman–Crippen MR) is 50.0 cm³/mol. The van der Waals surface area contributed by atoms with Crippen molar-refractivity contribution in [3.8, 4) is 0 Å². The van der Waals surface area contributed by atoms with Crippen LogP contribution < -0.4 is 5.32 Å². The van der Waals surface area contributed by atoms with Crippen molar-refractivity contribution < 1.29 is 0 Å². The van der Waals surface area contributed by atoms with E-state index >= 15 is 0 Å². The Morgan fingerprint density at radius 3 is 2.67 bits per heavy atom. The van der Waals surface area contributed by atoms with Crippen LogP contribution in [0.5, 0.6) is 0 Å². The van der Waals surface area contributed by atoms with Gasteiger partial charge in [0.05, 0.1) is 6.20 Å². The van der Waals surface area contributed by atoms with E-state index in [4.69, 9.17) is 0 Å². The Morgan fingerprint density at radius 2 is 2.33 bits per heavy atom. The van der Waals surface area contributed by atoms with Gasteiger partial charge in [0.2, 0.25) is 0 Å². The van der Waals surface area contributed by atoms with Gasteiger partial charge in [-0.25, -0.2) is 0 Å². The second-order valence-corrected chi connectivity index (χ2v) is 3.06. The Hall–Kier alpha value is -0.830. The first kappa shape index (κ1) is 9.26. The Balaban J connectivity index is 2.93. The molecule has 0 saturated heterocycles. The third-order valence-corrected chi connectivity index (χ3v) is 2.41. The lowest BCUT2D eigenvalue weighted by Crippen LogP contribution is -2.15. The molecule has 0 aliphatic carbocycles. The molecule has 1 aromatic heterocycles. The summed E-state index contributed by atoms with van der Waals surface area (Å²) >= 11 is 0. The summed E-state index contributed by atoms with van der Waals surface area (Å²) in [5, 5.41) is 7.48. The molecule has 0 bridgehead atoms. The zero-order valence-corrected chi connectivity index (χ0v) is 8.26. The van der Waals surface area contributed by atoms with Gasteiger partial charge in [0.15, 0.2) is 0 Å². The molecule has 3 heteroatoms. The number of rotatable bonds is 3. The monoisotopic (exact) mass is 167 g/mol. The number of nitrogens with one attached hydrogen (secondary N) is 1. The molecule has 1 unspecified atom stereocenters. The van der Waals surface area contributed by atoms with Gasteiger partial charge < -0.3 is 5.32 Å². The molecule has 1 heterocycles. The van der Waals surface area contributed by atoms with E-state index < -0.39 is 0 Å². The van der Waals surface area contributed by atoms with Crippen molar-refractivity contribution in [1.29, 1.82) is 0 Å². The minimum absolute atomic E-state index is 0.443. The number of hydrogen-bond acceptors (Lipinski definition) is 2. The van der Waals surface area contributed by atoms with E-state index in [9.17, 15) is 0 Å². The molecule has 0 fully saturated rings. The van der Waals surface area contributed by atoms with Gasteiger partial charge in [0, 0.05) is 24.3 Å². The summed E-state index contributed by atoms with van der Waals surface area (Å²) in [6, 6.07) is 0.443. The second-order valence-electron chi connectivity index (χ2n) is 3.06. The fourth-order valence-corrected chi connectivity index (χ4v) is 1.44. The zero-order valence-electron chi connectivity index (χ0n) is 8.26. The summed E-state index contributed by atoms with van der Waals surface area (Å²) in [4.78, 5) is 0. The molecule has 0 spiro atoms. The maximum atomic E-state index is 4.21. The average molecular weight is 167 g/mol. The first-order valence-electron chi connectivity index (χ1n) is 4.36. The van der Waals surface area contributed by atoms with E-state index in [2.05, 4.69) is 24.3 Å². The topological polar surface area (TPSA) is 29.9 Å². The summed E-state index contributed by atoms with van der Waals surface area (Å²) in [6.07, 6.45) is 3.04. The molecule has 0 aliphatic heterocycles. The van der Waals surface area contributed by atoms with Crippen molar-refractivity contribution in [1.82, 2.24) is 15.1 Å². The van der Waals surface area contributed by atoms with Crippen molar-refractivity contribution in [2.75, 3.05) is 7.05 Å². The van der Waals surface area contributed by atoms with Crippen molar-refractivity contribution in [3.05, 3.63) is 17.5 Å². The predicted octanol–water partition coefficient (Wildman–Crippen LogP) is 1.40. The summed E-state index contributed by atoms with van der Waals surface area (Å²) in [5.41, 5.74) is 2.55. The lowest BCUT2D eigenvalue weighted by molar-refractivity contribution is 0.572. The van der Waals surface area contributed by atoms with Crippen LogP contribution in [0.4, 0.5) is 0 Å². The van der Waals surface area contributed by atoms with Crippen LogP contribution in [-0.4, -0.2) is 16.8 Å². The highest BCUT2D eigenvalue weighted by atomic mass is 15.3. The van der Waals surface area contributed by atoms with Crippen LogP contribution in [0.1, 0.15) is 30.6 Å². The molecule has 0 aliphatic rings. The Labute approximate surface area is 73.8 Å². The molecular weight excluding hydrogens is 150 g/mol. The van der Waals surface area contributed by atoms with Crippen molar-refractivity contribution in [2.24, 2.45) is 7.05 Å². The standard InChI is InChI=1S/C9H17N3/c1-5-9(10-3)8-6-11-12(4)7(8)2/h6,9-10H,5H2,1-4H3. The molecule has 1 atom stereocenters. The van der Waals surface area contributed by atoms with Gasteiger partial charge in [0.1, 0.15) is 0 Å². The van der Waals surface area contributed by atoms with E-state index in [0.717, 1.165) is 6.42 Å². The van der Waals surface area contributed by atoms with E-state index in [1.165, 1.54) is 11.3 Å². The van der Waals surface area contributed by atoms with Crippen LogP contribution in [0, 0.1) is 6.92 Å². The maximum Gasteiger partial charge on any atom is 0.0540 e. The SMILES string of the molecule is CCC(NC)c1cnn(C)c1C. The van der Waals surface area contributed by atoms with Crippen LogP contribution in [0.3, 0.4) is 0 Å². The highest BCUT2D eigenvalue weighted by Crippen LogP contribution is 2.18. The number of aryl methyl sites for hydroxylation is 1. The average Bonchev–Trinajstić information content (AvgIpc) is 2.38. The second kappa shape index (κ2) is 3.72. The molecule has 1 N–H and O–H groups in total. The van der Waals surface area contributed by atoms with Gasteiger partial charge in [-0.3, -0.25) is 4.68 Å². The van der Waals surface area contributed by atoms with Crippen LogP contribution in [-0.2, 0) is 7.05 Å². The highest BCUT2D eigenvalue weighted by Gasteiger charge is 2.11. The number of hydrogen-bond donors (Lipinski definition) is 1. The van der Waals surface area contributed by atoms with Crippen LogP contribution in [0.2, 0.25) is 0 Å². The summed E-state index contributed by atoms with van der Waals surface area (Å²) in [5.74, 6) is 0. The highest BCUT2D eigenvalue weighted by molar-refractivity contribution is 5.20. The summed E-state index contributed by atoms with van der Waals surface area (Å²) < 4.78 is 1.91. The largest absolute Gasteiger partial charge is 0.313 e.